The van der Waals surface area contributed by atoms with E-state index in [1.54, 1.807) is 5.06 Å². The molecular weight excluding hydrogens is 178 g/mol. The Hall–Kier alpha value is -1.29. The van der Waals surface area contributed by atoms with Crippen molar-refractivity contribution < 1.29 is 4.84 Å². The number of hydroxylamine groups is 1. The van der Waals surface area contributed by atoms with E-state index in [0.717, 1.165) is 37.4 Å². The number of nitrogens with zero attached hydrogens (tertiary/aromatic N) is 2. The third-order valence-corrected chi connectivity index (χ3v) is 2.27. The molecule has 14 heavy (non-hydrogen) atoms. The summed E-state index contributed by atoms with van der Waals surface area (Å²) in [6, 6.07) is 1.92. The molecule has 0 amide bonds. The molecule has 4 heteroatoms. The molecule has 0 unspecified atom stereocenters. The number of rotatable bonds is 1. The average molecular weight is 193 g/mol. The van der Waals surface area contributed by atoms with Crippen molar-refractivity contribution in [2.75, 3.05) is 23.9 Å². The lowest BCUT2D eigenvalue weighted by atomic mass is 10.2. The highest BCUT2D eigenvalue weighted by Crippen LogP contribution is 2.23. The van der Waals surface area contributed by atoms with Crippen molar-refractivity contribution >= 4 is 11.5 Å². The van der Waals surface area contributed by atoms with E-state index in [0.29, 0.717) is 5.69 Å². The zero-order valence-electron chi connectivity index (χ0n) is 8.36. The largest absolute Gasteiger partial charge is 0.396 e. The van der Waals surface area contributed by atoms with Crippen LogP contribution in [-0.2, 0) is 4.84 Å². The first-order chi connectivity index (χ1) is 6.77. The molecule has 1 aliphatic rings. The smallest absolute Gasteiger partial charge is 0.175 e. The van der Waals surface area contributed by atoms with Crippen LogP contribution in [0, 0.1) is 6.92 Å². The lowest BCUT2D eigenvalue weighted by Gasteiger charge is -2.27. The lowest BCUT2D eigenvalue weighted by Crippen LogP contribution is -2.31. The minimum atomic E-state index is 0.687. The van der Waals surface area contributed by atoms with Gasteiger partial charge in [-0.1, -0.05) is 0 Å². The zero-order chi connectivity index (χ0) is 9.97. The number of nitrogen functional groups attached to an aromatic ring is 1. The van der Waals surface area contributed by atoms with Gasteiger partial charge in [-0.05, 0) is 31.4 Å². The molecule has 0 aromatic carbocycles. The minimum absolute atomic E-state index is 0.687. The molecule has 4 nitrogen and oxygen atoms in total. The second-order valence-electron chi connectivity index (χ2n) is 3.57. The highest BCUT2D eigenvalue weighted by Gasteiger charge is 2.15. The topological polar surface area (TPSA) is 51.4 Å². The van der Waals surface area contributed by atoms with Gasteiger partial charge in [-0.15, -0.1) is 0 Å². The maximum absolute atomic E-state index is 5.87. The fourth-order valence-corrected chi connectivity index (χ4v) is 1.56. The van der Waals surface area contributed by atoms with Crippen molar-refractivity contribution in [1.82, 2.24) is 4.98 Å². The van der Waals surface area contributed by atoms with Crippen LogP contribution in [-0.4, -0.2) is 18.1 Å². The van der Waals surface area contributed by atoms with Crippen molar-refractivity contribution in [2.45, 2.75) is 19.8 Å². The summed E-state index contributed by atoms with van der Waals surface area (Å²) in [6.45, 7) is 3.61. The van der Waals surface area contributed by atoms with Crippen LogP contribution in [0.2, 0.25) is 0 Å². The summed E-state index contributed by atoms with van der Waals surface area (Å²) in [4.78, 5) is 9.75. The van der Waals surface area contributed by atoms with Crippen LogP contribution in [0.25, 0.3) is 0 Å². The molecule has 1 aromatic heterocycles. The lowest BCUT2D eigenvalue weighted by molar-refractivity contribution is 0.0764. The maximum Gasteiger partial charge on any atom is 0.175 e. The van der Waals surface area contributed by atoms with E-state index in [1.165, 1.54) is 0 Å². The molecule has 1 fully saturated rings. The van der Waals surface area contributed by atoms with Gasteiger partial charge in [0, 0.05) is 12.7 Å². The summed E-state index contributed by atoms with van der Waals surface area (Å²) in [5.41, 5.74) is 7.63. The van der Waals surface area contributed by atoms with E-state index in [9.17, 15) is 0 Å². The predicted octanol–water partition coefficient (Wildman–Crippen LogP) is 1.50. The molecule has 2 rings (SSSR count). The second kappa shape index (κ2) is 3.84. The van der Waals surface area contributed by atoms with Gasteiger partial charge in [-0.3, -0.25) is 4.84 Å². The Morgan fingerprint density at radius 1 is 1.50 bits per heavy atom. The maximum atomic E-state index is 5.87. The van der Waals surface area contributed by atoms with Gasteiger partial charge in [0.1, 0.15) is 0 Å². The fourth-order valence-electron chi connectivity index (χ4n) is 1.56. The normalized spacial score (nSPS) is 17.1. The Labute approximate surface area is 83.6 Å². The SMILES string of the molecule is Cc1cnc(N2CCCCO2)c(N)c1. The molecule has 1 aromatic rings. The van der Waals surface area contributed by atoms with E-state index in [2.05, 4.69) is 4.98 Å². The van der Waals surface area contributed by atoms with E-state index in [1.807, 2.05) is 19.2 Å². The number of aromatic nitrogens is 1. The van der Waals surface area contributed by atoms with Crippen LogP contribution in [0.3, 0.4) is 0 Å². The van der Waals surface area contributed by atoms with Crippen molar-refractivity contribution in [2.24, 2.45) is 0 Å². The van der Waals surface area contributed by atoms with Crippen LogP contribution < -0.4 is 10.8 Å². The minimum Gasteiger partial charge on any atom is -0.396 e. The zero-order valence-corrected chi connectivity index (χ0v) is 8.36. The summed E-state index contributed by atoms with van der Waals surface area (Å²) in [7, 11) is 0. The van der Waals surface area contributed by atoms with Crippen LogP contribution in [0.1, 0.15) is 18.4 Å². The van der Waals surface area contributed by atoms with E-state index in [-0.39, 0.29) is 0 Å². The van der Waals surface area contributed by atoms with Crippen LogP contribution in [0.5, 0.6) is 0 Å². The molecule has 0 aliphatic carbocycles. The van der Waals surface area contributed by atoms with E-state index in [4.69, 9.17) is 10.6 Å². The Bertz CT molecular complexity index is 321. The quantitative estimate of drug-likeness (QED) is 0.734. The Morgan fingerprint density at radius 3 is 3.00 bits per heavy atom. The molecule has 0 saturated carbocycles. The van der Waals surface area contributed by atoms with Crippen molar-refractivity contribution in [3.05, 3.63) is 17.8 Å². The molecule has 1 aliphatic heterocycles. The van der Waals surface area contributed by atoms with Gasteiger partial charge < -0.3 is 5.73 Å². The molecule has 0 bridgehead atoms. The first kappa shape index (κ1) is 9.27. The first-order valence-corrected chi connectivity index (χ1v) is 4.90. The average Bonchev–Trinajstić information content (AvgIpc) is 2.19. The van der Waals surface area contributed by atoms with Crippen molar-refractivity contribution in [1.29, 1.82) is 0 Å². The van der Waals surface area contributed by atoms with Gasteiger partial charge in [0.15, 0.2) is 5.82 Å². The van der Waals surface area contributed by atoms with Gasteiger partial charge in [0.25, 0.3) is 0 Å². The van der Waals surface area contributed by atoms with Gasteiger partial charge in [0.05, 0.1) is 12.3 Å². The predicted molar refractivity (Wildman–Crippen MR) is 55.9 cm³/mol. The number of pyridine rings is 1. The molecule has 2 heterocycles. The Kier molecular flexibility index (Phi) is 2.54. The van der Waals surface area contributed by atoms with Gasteiger partial charge >= 0.3 is 0 Å². The summed E-state index contributed by atoms with van der Waals surface area (Å²) < 4.78 is 0. The third-order valence-electron chi connectivity index (χ3n) is 2.27. The van der Waals surface area contributed by atoms with Crippen LogP contribution >= 0.6 is 0 Å². The summed E-state index contributed by atoms with van der Waals surface area (Å²) in [6.07, 6.45) is 4.06. The summed E-state index contributed by atoms with van der Waals surface area (Å²) in [5.74, 6) is 0.746. The number of anilines is 2. The summed E-state index contributed by atoms with van der Waals surface area (Å²) in [5, 5.41) is 1.79. The van der Waals surface area contributed by atoms with Gasteiger partial charge in [-0.25, -0.2) is 10.0 Å². The standard InChI is InChI=1S/C10H15N3O/c1-8-6-9(11)10(12-7-8)13-4-2-3-5-14-13/h6-7H,2-5,11H2,1H3. The Morgan fingerprint density at radius 2 is 2.36 bits per heavy atom. The molecular formula is C10H15N3O. The highest BCUT2D eigenvalue weighted by atomic mass is 16.7. The third kappa shape index (κ3) is 1.80. The molecule has 0 radical (unpaired) electrons. The Balaban J connectivity index is 2.22. The molecule has 76 valence electrons. The monoisotopic (exact) mass is 193 g/mol. The summed E-state index contributed by atoms with van der Waals surface area (Å²) >= 11 is 0. The molecule has 0 spiro atoms. The van der Waals surface area contributed by atoms with Crippen LogP contribution in [0.15, 0.2) is 12.3 Å². The van der Waals surface area contributed by atoms with Crippen molar-refractivity contribution in [3.8, 4) is 0 Å². The van der Waals surface area contributed by atoms with Crippen molar-refractivity contribution in [3.63, 3.8) is 0 Å². The molecule has 0 atom stereocenters. The number of aryl methyl sites for hydroxylation is 1. The number of hydrogen-bond donors (Lipinski definition) is 1. The fraction of sp³-hybridized carbons (Fsp3) is 0.500. The number of hydrogen-bond acceptors (Lipinski definition) is 4. The van der Waals surface area contributed by atoms with Gasteiger partial charge in [-0.2, -0.15) is 0 Å². The first-order valence-electron chi connectivity index (χ1n) is 4.90. The molecule has 2 N–H and O–H groups in total. The van der Waals surface area contributed by atoms with E-state index >= 15 is 0 Å². The number of nitrogens with two attached hydrogens (primary N) is 1. The highest BCUT2D eigenvalue weighted by molar-refractivity contribution is 5.62. The van der Waals surface area contributed by atoms with Crippen LogP contribution in [0.4, 0.5) is 11.5 Å². The second-order valence-corrected chi connectivity index (χ2v) is 3.57. The molecule has 1 saturated heterocycles. The van der Waals surface area contributed by atoms with Gasteiger partial charge in [0.2, 0.25) is 0 Å². The van der Waals surface area contributed by atoms with E-state index < -0.39 is 0 Å².